The van der Waals surface area contributed by atoms with Crippen molar-refractivity contribution in [1.82, 2.24) is 0 Å². The van der Waals surface area contributed by atoms with Gasteiger partial charge in [0.15, 0.2) is 13.6 Å². The molecule has 0 spiro atoms. The molecule has 0 aliphatic heterocycles. The van der Waals surface area contributed by atoms with Gasteiger partial charge in [-0.1, -0.05) is 26.7 Å². The van der Waals surface area contributed by atoms with Gasteiger partial charge < -0.3 is 18.9 Å². The first-order valence-electron chi connectivity index (χ1n) is 7.47. The Bertz CT molecular complexity index is 353. The fourth-order valence-corrected chi connectivity index (χ4v) is 1.24. The molecule has 0 bridgehead atoms. The highest BCUT2D eigenvalue weighted by atomic mass is 19.3. The van der Waals surface area contributed by atoms with Crippen molar-refractivity contribution in [2.75, 3.05) is 26.8 Å². The van der Waals surface area contributed by atoms with Crippen molar-refractivity contribution in [2.24, 2.45) is 0 Å². The molecule has 24 heavy (non-hydrogen) atoms. The average molecular weight is 362 g/mol. The first-order valence-corrected chi connectivity index (χ1v) is 7.47. The fourth-order valence-electron chi connectivity index (χ4n) is 1.24. The van der Waals surface area contributed by atoms with Gasteiger partial charge in [0.1, 0.15) is 0 Å². The number of carbonyl (C=O) groups excluding carboxylic acids is 2. The Morgan fingerprint density at radius 3 is 1.38 bits per heavy atom. The van der Waals surface area contributed by atoms with Crippen LogP contribution in [0.5, 0.6) is 0 Å². The number of hydrogen-bond acceptors (Lipinski definition) is 6. The zero-order valence-electron chi connectivity index (χ0n) is 13.6. The lowest BCUT2D eigenvalue weighted by Gasteiger charge is -2.22. The van der Waals surface area contributed by atoms with Gasteiger partial charge in [0.25, 0.3) is 0 Å². The number of hydrogen-bond donors (Lipinski definition) is 0. The molecule has 0 heterocycles. The van der Waals surface area contributed by atoms with E-state index in [0.717, 1.165) is 12.8 Å². The SMILES string of the molecule is CCCCOCOC(=O)C(F)(F)C(F)(F)C(=O)OCOCCCC. The maximum Gasteiger partial charge on any atom is 0.415 e. The summed E-state index contributed by atoms with van der Waals surface area (Å²) in [4.78, 5) is 22.2. The Balaban J connectivity index is 4.44. The monoisotopic (exact) mass is 362 g/mol. The molecule has 0 rings (SSSR count). The molecule has 0 aromatic carbocycles. The third-order valence-electron chi connectivity index (χ3n) is 2.74. The summed E-state index contributed by atoms with van der Waals surface area (Å²) in [7, 11) is 0. The van der Waals surface area contributed by atoms with Crippen LogP contribution in [0, 0.1) is 0 Å². The van der Waals surface area contributed by atoms with Crippen molar-refractivity contribution in [3.05, 3.63) is 0 Å². The smallest absolute Gasteiger partial charge is 0.415 e. The predicted molar refractivity (Wildman–Crippen MR) is 73.5 cm³/mol. The molecular weight excluding hydrogens is 340 g/mol. The molecule has 10 heteroatoms. The topological polar surface area (TPSA) is 71.1 Å². The highest BCUT2D eigenvalue weighted by Crippen LogP contribution is 2.36. The minimum atomic E-state index is -5.39. The van der Waals surface area contributed by atoms with E-state index >= 15 is 0 Å². The normalized spacial score (nSPS) is 12.1. The van der Waals surface area contributed by atoms with E-state index in [-0.39, 0.29) is 13.2 Å². The third-order valence-corrected chi connectivity index (χ3v) is 2.74. The molecule has 0 aliphatic rings. The maximum atomic E-state index is 13.4. The molecule has 0 fully saturated rings. The van der Waals surface area contributed by atoms with Crippen molar-refractivity contribution < 1.29 is 46.1 Å². The van der Waals surface area contributed by atoms with Crippen molar-refractivity contribution in [3.8, 4) is 0 Å². The standard InChI is InChI=1S/C14H22F4O6/c1-3-5-7-21-9-23-11(19)13(15,16)14(17,18)12(20)24-10-22-8-6-4-2/h3-10H2,1-2H3. The Hall–Kier alpha value is -1.42. The minimum Gasteiger partial charge on any atom is -0.434 e. The van der Waals surface area contributed by atoms with Gasteiger partial charge in [-0.15, -0.1) is 0 Å². The fraction of sp³-hybridized carbons (Fsp3) is 0.857. The molecule has 0 amide bonds. The quantitative estimate of drug-likeness (QED) is 0.217. The molecule has 0 aliphatic carbocycles. The lowest BCUT2D eigenvalue weighted by atomic mass is 10.2. The van der Waals surface area contributed by atoms with Gasteiger partial charge in [0.05, 0.1) is 13.2 Å². The van der Waals surface area contributed by atoms with E-state index in [9.17, 15) is 27.2 Å². The van der Waals surface area contributed by atoms with Crippen LogP contribution in [0.15, 0.2) is 0 Å². The van der Waals surface area contributed by atoms with E-state index in [1.165, 1.54) is 0 Å². The number of unbranched alkanes of at least 4 members (excludes halogenated alkanes) is 2. The third kappa shape index (κ3) is 7.00. The zero-order valence-corrected chi connectivity index (χ0v) is 13.6. The van der Waals surface area contributed by atoms with Crippen LogP contribution in [0.4, 0.5) is 17.6 Å². The summed E-state index contributed by atoms with van der Waals surface area (Å²) >= 11 is 0. The zero-order chi connectivity index (χ0) is 18.6. The van der Waals surface area contributed by atoms with E-state index in [1.807, 2.05) is 13.8 Å². The number of alkyl halides is 4. The summed E-state index contributed by atoms with van der Waals surface area (Å²) in [6.45, 7) is 2.06. The van der Waals surface area contributed by atoms with Crippen LogP contribution in [-0.2, 0) is 28.5 Å². The van der Waals surface area contributed by atoms with E-state index < -0.39 is 37.4 Å². The summed E-state index contributed by atoms with van der Waals surface area (Å²) in [5, 5.41) is 0. The summed E-state index contributed by atoms with van der Waals surface area (Å²) < 4.78 is 70.9. The van der Waals surface area contributed by atoms with Crippen LogP contribution in [0.2, 0.25) is 0 Å². The molecule has 6 nitrogen and oxygen atoms in total. The minimum absolute atomic E-state index is 0.114. The van der Waals surface area contributed by atoms with Crippen LogP contribution in [0.3, 0.4) is 0 Å². The van der Waals surface area contributed by atoms with Crippen molar-refractivity contribution in [2.45, 2.75) is 51.4 Å². The Morgan fingerprint density at radius 1 is 0.750 bits per heavy atom. The molecule has 0 radical (unpaired) electrons. The number of ether oxygens (including phenoxy) is 4. The van der Waals surface area contributed by atoms with E-state index in [1.54, 1.807) is 0 Å². The molecule has 0 aromatic rings. The van der Waals surface area contributed by atoms with Crippen molar-refractivity contribution in [3.63, 3.8) is 0 Å². The Morgan fingerprint density at radius 2 is 1.08 bits per heavy atom. The van der Waals surface area contributed by atoms with Gasteiger partial charge in [-0.05, 0) is 12.8 Å². The second-order valence-electron chi connectivity index (χ2n) is 4.77. The second kappa shape index (κ2) is 11.2. The molecule has 0 N–H and O–H groups in total. The summed E-state index contributed by atoms with van der Waals surface area (Å²) in [5.74, 6) is -15.9. The van der Waals surface area contributed by atoms with Gasteiger partial charge in [0.2, 0.25) is 0 Å². The van der Waals surface area contributed by atoms with Crippen molar-refractivity contribution in [1.29, 1.82) is 0 Å². The van der Waals surface area contributed by atoms with E-state index in [2.05, 4.69) is 18.9 Å². The van der Waals surface area contributed by atoms with Crippen LogP contribution in [-0.4, -0.2) is 50.6 Å². The Labute approximate surface area is 137 Å². The molecule has 0 saturated carbocycles. The highest BCUT2D eigenvalue weighted by molar-refractivity contribution is 5.89. The van der Waals surface area contributed by atoms with Gasteiger partial charge in [-0.25, -0.2) is 9.59 Å². The summed E-state index contributed by atoms with van der Waals surface area (Å²) in [5.41, 5.74) is 0. The van der Waals surface area contributed by atoms with Crippen LogP contribution < -0.4 is 0 Å². The van der Waals surface area contributed by atoms with Crippen molar-refractivity contribution >= 4 is 11.9 Å². The molecule has 0 saturated heterocycles. The first-order chi connectivity index (χ1) is 11.2. The highest BCUT2D eigenvalue weighted by Gasteiger charge is 2.69. The largest absolute Gasteiger partial charge is 0.434 e. The lowest BCUT2D eigenvalue weighted by molar-refractivity contribution is -0.246. The number of halogens is 4. The second-order valence-corrected chi connectivity index (χ2v) is 4.77. The summed E-state index contributed by atoms with van der Waals surface area (Å²) in [6.07, 6.45) is 2.64. The van der Waals surface area contributed by atoms with E-state index in [0.29, 0.717) is 12.8 Å². The number of rotatable bonds is 13. The predicted octanol–water partition coefficient (Wildman–Crippen LogP) is 2.89. The molecule has 0 atom stereocenters. The van der Waals surface area contributed by atoms with Crippen LogP contribution >= 0.6 is 0 Å². The maximum absolute atomic E-state index is 13.4. The van der Waals surface area contributed by atoms with Gasteiger partial charge in [-0.2, -0.15) is 17.6 Å². The van der Waals surface area contributed by atoms with Crippen LogP contribution in [0.25, 0.3) is 0 Å². The molecule has 0 aromatic heterocycles. The van der Waals surface area contributed by atoms with Gasteiger partial charge >= 0.3 is 23.8 Å². The lowest BCUT2D eigenvalue weighted by Crippen LogP contribution is -2.54. The van der Waals surface area contributed by atoms with Gasteiger partial charge in [-0.3, -0.25) is 0 Å². The number of carbonyl (C=O) groups is 2. The first kappa shape index (κ1) is 22.6. The molecule has 142 valence electrons. The molecular formula is C14H22F4O6. The Kier molecular flexibility index (Phi) is 10.5. The summed E-state index contributed by atoms with van der Waals surface area (Å²) in [6, 6.07) is 0. The van der Waals surface area contributed by atoms with Crippen LogP contribution in [0.1, 0.15) is 39.5 Å². The van der Waals surface area contributed by atoms with Gasteiger partial charge in [0, 0.05) is 0 Å². The average Bonchev–Trinajstić information content (AvgIpc) is 2.53. The number of esters is 2. The molecule has 0 unspecified atom stereocenters. The van der Waals surface area contributed by atoms with E-state index in [4.69, 9.17) is 0 Å².